The summed E-state index contributed by atoms with van der Waals surface area (Å²) in [6.07, 6.45) is 1.10. The normalized spacial score (nSPS) is 27.2. The monoisotopic (exact) mass is 216 g/mol. The third kappa shape index (κ3) is 4.47. The molecule has 1 fully saturated rings. The Morgan fingerprint density at radius 3 is 3.00 bits per heavy atom. The topological polar surface area (TPSA) is 44.7 Å². The van der Waals surface area contributed by atoms with Crippen molar-refractivity contribution in [1.82, 2.24) is 10.2 Å². The molecule has 0 aromatic heterocycles. The van der Waals surface area contributed by atoms with Crippen LogP contribution in [-0.2, 0) is 4.74 Å². The van der Waals surface area contributed by atoms with Gasteiger partial charge in [0.1, 0.15) is 0 Å². The van der Waals surface area contributed by atoms with Crippen LogP contribution in [0.25, 0.3) is 0 Å². The van der Waals surface area contributed by atoms with Gasteiger partial charge in [0.15, 0.2) is 0 Å². The van der Waals surface area contributed by atoms with Gasteiger partial charge in [-0.25, -0.2) is 0 Å². The van der Waals surface area contributed by atoms with Crippen molar-refractivity contribution >= 4 is 0 Å². The van der Waals surface area contributed by atoms with E-state index in [-0.39, 0.29) is 6.61 Å². The van der Waals surface area contributed by atoms with Crippen LogP contribution < -0.4 is 5.32 Å². The van der Waals surface area contributed by atoms with E-state index in [2.05, 4.69) is 17.1 Å². The number of aliphatic hydroxyl groups is 1. The fraction of sp³-hybridized carbons (Fsp3) is 1.00. The van der Waals surface area contributed by atoms with Gasteiger partial charge in [0.05, 0.1) is 13.2 Å². The molecule has 0 radical (unpaired) electrons. The second-order valence-corrected chi connectivity index (χ2v) is 4.27. The summed E-state index contributed by atoms with van der Waals surface area (Å²) in [5.74, 6) is 0.551. The lowest BCUT2D eigenvalue weighted by atomic mass is 9.95. The molecule has 2 unspecified atom stereocenters. The van der Waals surface area contributed by atoms with E-state index in [4.69, 9.17) is 9.84 Å². The molecular formula is C11H24N2O2. The summed E-state index contributed by atoms with van der Waals surface area (Å²) < 4.78 is 5.51. The number of hydrogen-bond donors (Lipinski definition) is 2. The quantitative estimate of drug-likeness (QED) is 0.652. The minimum atomic E-state index is 0.232. The van der Waals surface area contributed by atoms with E-state index in [1.54, 1.807) is 0 Å². The average Bonchev–Trinajstić information content (AvgIpc) is 2.21. The van der Waals surface area contributed by atoms with Gasteiger partial charge in [0, 0.05) is 31.7 Å². The molecule has 2 atom stereocenters. The summed E-state index contributed by atoms with van der Waals surface area (Å²) in [7, 11) is 2.05. The average molecular weight is 216 g/mol. The maximum absolute atomic E-state index is 8.85. The molecule has 0 aromatic rings. The number of ether oxygens (including phenoxy) is 1. The molecular weight excluding hydrogens is 192 g/mol. The van der Waals surface area contributed by atoms with E-state index >= 15 is 0 Å². The first-order valence-corrected chi connectivity index (χ1v) is 5.88. The van der Waals surface area contributed by atoms with Crippen molar-refractivity contribution in [3.05, 3.63) is 0 Å². The van der Waals surface area contributed by atoms with E-state index in [0.717, 1.165) is 39.3 Å². The van der Waals surface area contributed by atoms with E-state index in [1.807, 2.05) is 7.05 Å². The Labute approximate surface area is 92.6 Å². The van der Waals surface area contributed by atoms with Crippen LogP contribution in [0.15, 0.2) is 0 Å². The highest BCUT2D eigenvalue weighted by atomic mass is 16.5. The van der Waals surface area contributed by atoms with Crippen LogP contribution in [-0.4, -0.2) is 62.6 Å². The van der Waals surface area contributed by atoms with Crippen molar-refractivity contribution < 1.29 is 9.84 Å². The lowest BCUT2D eigenvalue weighted by Crippen LogP contribution is -2.47. The lowest BCUT2D eigenvalue weighted by molar-refractivity contribution is 0.0186. The van der Waals surface area contributed by atoms with E-state index in [0.29, 0.717) is 12.0 Å². The summed E-state index contributed by atoms with van der Waals surface area (Å²) in [6.45, 7) is 6.85. The molecule has 2 N–H and O–H groups in total. The Morgan fingerprint density at radius 2 is 2.33 bits per heavy atom. The molecule has 1 aliphatic rings. The van der Waals surface area contributed by atoms with Gasteiger partial charge in [-0.05, 0) is 20.0 Å². The Bertz CT molecular complexity index is 165. The molecule has 15 heavy (non-hydrogen) atoms. The van der Waals surface area contributed by atoms with E-state index in [9.17, 15) is 0 Å². The molecule has 0 aromatic carbocycles. The van der Waals surface area contributed by atoms with Gasteiger partial charge in [-0.2, -0.15) is 0 Å². The van der Waals surface area contributed by atoms with Gasteiger partial charge in [-0.15, -0.1) is 0 Å². The minimum Gasteiger partial charge on any atom is -0.395 e. The smallest absolute Gasteiger partial charge is 0.0558 e. The fourth-order valence-corrected chi connectivity index (χ4v) is 2.17. The SMILES string of the molecule is CCNC1CCOCC1CN(C)CCO. The van der Waals surface area contributed by atoms with Crippen LogP contribution in [0.5, 0.6) is 0 Å². The molecule has 0 spiro atoms. The Morgan fingerprint density at radius 1 is 1.53 bits per heavy atom. The van der Waals surface area contributed by atoms with Gasteiger partial charge in [-0.3, -0.25) is 0 Å². The Kier molecular flexibility index (Phi) is 6.17. The van der Waals surface area contributed by atoms with Gasteiger partial charge in [-0.1, -0.05) is 6.92 Å². The number of likely N-dealkylation sites (N-methyl/N-ethyl adjacent to an activating group) is 1. The second kappa shape index (κ2) is 7.17. The highest BCUT2D eigenvalue weighted by molar-refractivity contribution is 4.81. The van der Waals surface area contributed by atoms with Gasteiger partial charge < -0.3 is 20.1 Å². The zero-order chi connectivity index (χ0) is 11.1. The van der Waals surface area contributed by atoms with Crippen molar-refractivity contribution in [3.8, 4) is 0 Å². The number of hydrogen-bond acceptors (Lipinski definition) is 4. The van der Waals surface area contributed by atoms with Crippen LogP contribution in [0.3, 0.4) is 0 Å². The highest BCUT2D eigenvalue weighted by Crippen LogP contribution is 2.15. The summed E-state index contributed by atoms with van der Waals surface area (Å²) in [5.41, 5.74) is 0. The summed E-state index contributed by atoms with van der Waals surface area (Å²) >= 11 is 0. The molecule has 90 valence electrons. The maximum Gasteiger partial charge on any atom is 0.0558 e. The predicted octanol–water partition coefficient (Wildman–Crippen LogP) is -0.0749. The standard InChI is InChI=1S/C11H24N2O2/c1-3-12-11-4-7-15-9-10(11)8-13(2)5-6-14/h10-12,14H,3-9H2,1-2H3. The number of rotatable bonds is 6. The third-order valence-corrected chi connectivity index (χ3v) is 2.97. The van der Waals surface area contributed by atoms with Crippen molar-refractivity contribution in [1.29, 1.82) is 0 Å². The number of aliphatic hydroxyl groups excluding tert-OH is 1. The highest BCUT2D eigenvalue weighted by Gasteiger charge is 2.25. The first-order chi connectivity index (χ1) is 7.27. The molecule has 1 saturated heterocycles. The number of nitrogens with one attached hydrogen (secondary N) is 1. The van der Waals surface area contributed by atoms with Crippen LogP contribution in [0.2, 0.25) is 0 Å². The van der Waals surface area contributed by atoms with Gasteiger partial charge in [0.25, 0.3) is 0 Å². The minimum absolute atomic E-state index is 0.232. The molecule has 0 saturated carbocycles. The molecule has 1 heterocycles. The Balaban J connectivity index is 2.34. The zero-order valence-corrected chi connectivity index (χ0v) is 9.91. The molecule has 1 rings (SSSR count). The molecule has 0 amide bonds. The second-order valence-electron chi connectivity index (χ2n) is 4.27. The fourth-order valence-electron chi connectivity index (χ4n) is 2.17. The van der Waals surface area contributed by atoms with Crippen LogP contribution in [0, 0.1) is 5.92 Å². The maximum atomic E-state index is 8.85. The van der Waals surface area contributed by atoms with Crippen molar-refractivity contribution in [2.45, 2.75) is 19.4 Å². The predicted molar refractivity (Wildman–Crippen MR) is 61.0 cm³/mol. The first-order valence-electron chi connectivity index (χ1n) is 5.88. The first kappa shape index (κ1) is 12.9. The van der Waals surface area contributed by atoms with Gasteiger partial charge in [0.2, 0.25) is 0 Å². The van der Waals surface area contributed by atoms with E-state index < -0.39 is 0 Å². The summed E-state index contributed by atoms with van der Waals surface area (Å²) in [5, 5.41) is 12.4. The summed E-state index contributed by atoms with van der Waals surface area (Å²) in [4.78, 5) is 2.17. The molecule has 4 nitrogen and oxygen atoms in total. The molecule has 0 aliphatic carbocycles. The van der Waals surface area contributed by atoms with Crippen molar-refractivity contribution in [2.75, 3.05) is 46.5 Å². The molecule has 0 bridgehead atoms. The van der Waals surface area contributed by atoms with Crippen LogP contribution >= 0.6 is 0 Å². The Hall–Kier alpha value is -0.160. The molecule has 4 heteroatoms. The molecule has 1 aliphatic heterocycles. The third-order valence-electron chi connectivity index (χ3n) is 2.97. The summed E-state index contributed by atoms with van der Waals surface area (Å²) in [6, 6.07) is 0.574. The van der Waals surface area contributed by atoms with Crippen LogP contribution in [0.4, 0.5) is 0 Å². The van der Waals surface area contributed by atoms with Crippen molar-refractivity contribution in [2.24, 2.45) is 5.92 Å². The number of nitrogens with zero attached hydrogens (tertiary/aromatic N) is 1. The van der Waals surface area contributed by atoms with Gasteiger partial charge >= 0.3 is 0 Å². The lowest BCUT2D eigenvalue weighted by Gasteiger charge is -2.34. The van der Waals surface area contributed by atoms with Crippen LogP contribution in [0.1, 0.15) is 13.3 Å². The van der Waals surface area contributed by atoms with E-state index in [1.165, 1.54) is 0 Å². The van der Waals surface area contributed by atoms with Crippen molar-refractivity contribution in [3.63, 3.8) is 0 Å². The largest absolute Gasteiger partial charge is 0.395 e. The zero-order valence-electron chi connectivity index (χ0n) is 9.91.